The van der Waals surface area contributed by atoms with Crippen molar-refractivity contribution >= 4 is 39.0 Å². The van der Waals surface area contributed by atoms with Crippen molar-refractivity contribution in [2.24, 2.45) is 0 Å². The number of hydrogen-bond donors (Lipinski definition) is 1. The van der Waals surface area contributed by atoms with Crippen LogP contribution in [0.2, 0.25) is 5.28 Å². The molecule has 68 valence electrons. The predicted molar refractivity (Wildman–Crippen MR) is 56.6 cm³/mol. The summed E-state index contributed by atoms with van der Waals surface area (Å²) in [4.78, 5) is 8.22. The van der Waals surface area contributed by atoms with Crippen LogP contribution in [-0.4, -0.2) is 16.5 Å². The van der Waals surface area contributed by atoms with Gasteiger partial charge in [-0.1, -0.05) is 0 Å². The second-order valence-corrected chi connectivity index (χ2v) is 3.76. The minimum atomic E-state index is 0.293. The van der Waals surface area contributed by atoms with Crippen LogP contribution in [0, 0.1) is 0 Å². The first-order valence-corrected chi connectivity index (χ1v) is 5.21. The zero-order valence-electron chi connectivity index (χ0n) is 7.04. The normalized spacial score (nSPS) is 10.6. The van der Waals surface area contributed by atoms with Crippen LogP contribution in [0.15, 0.2) is 11.4 Å². The maximum atomic E-state index is 5.76. The average molecular weight is 214 g/mol. The third kappa shape index (κ3) is 1.59. The van der Waals surface area contributed by atoms with Gasteiger partial charge in [0.25, 0.3) is 0 Å². The van der Waals surface area contributed by atoms with Gasteiger partial charge in [0.1, 0.15) is 5.82 Å². The molecule has 0 amide bonds. The average Bonchev–Trinajstić information content (AvgIpc) is 2.52. The Hall–Kier alpha value is -0.870. The van der Waals surface area contributed by atoms with Crippen LogP contribution < -0.4 is 5.32 Å². The molecule has 0 saturated heterocycles. The topological polar surface area (TPSA) is 37.8 Å². The molecule has 0 spiro atoms. The van der Waals surface area contributed by atoms with Crippen LogP contribution in [0.3, 0.4) is 0 Å². The Morgan fingerprint density at radius 2 is 2.38 bits per heavy atom. The molecule has 0 aliphatic heterocycles. The van der Waals surface area contributed by atoms with Gasteiger partial charge in [0, 0.05) is 6.54 Å². The summed E-state index contributed by atoms with van der Waals surface area (Å²) in [5.41, 5.74) is 0.904. The molecule has 3 nitrogen and oxygen atoms in total. The van der Waals surface area contributed by atoms with Crippen LogP contribution in [-0.2, 0) is 0 Å². The lowest BCUT2D eigenvalue weighted by molar-refractivity contribution is 1.15. The third-order valence-electron chi connectivity index (χ3n) is 1.62. The summed E-state index contributed by atoms with van der Waals surface area (Å²) >= 11 is 7.38. The van der Waals surface area contributed by atoms with E-state index in [1.54, 1.807) is 11.3 Å². The highest BCUT2D eigenvalue weighted by Crippen LogP contribution is 2.26. The number of aromatic nitrogens is 2. The van der Waals surface area contributed by atoms with Gasteiger partial charge in [0.15, 0.2) is 0 Å². The van der Waals surface area contributed by atoms with Gasteiger partial charge in [-0.05, 0) is 30.0 Å². The first kappa shape index (κ1) is 8.72. The van der Waals surface area contributed by atoms with Crippen molar-refractivity contribution in [1.82, 2.24) is 9.97 Å². The summed E-state index contributed by atoms with van der Waals surface area (Å²) in [6.45, 7) is 2.86. The fourth-order valence-electron chi connectivity index (χ4n) is 1.12. The third-order valence-corrected chi connectivity index (χ3v) is 2.70. The van der Waals surface area contributed by atoms with E-state index < -0.39 is 0 Å². The van der Waals surface area contributed by atoms with E-state index in [1.807, 2.05) is 18.4 Å². The number of nitrogens with zero attached hydrogens (tertiary/aromatic N) is 2. The Labute approximate surface area is 84.8 Å². The van der Waals surface area contributed by atoms with Crippen molar-refractivity contribution in [3.8, 4) is 0 Å². The highest BCUT2D eigenvalue weighted by atomic mass is 35.5. The molecule has 0 fully saturated rings. The van der Waals surface area contributed by atoms with Crippen molar-refractivity contribution in [2.45, 2.75) is 6.92 Å². The molecule has 13 heavy (non-hydrogen) atoms. The highest BCUT2D eigenvalue weighted by molar-refractivity contribution is 7.17. The molecule has 0 aliphatic rings. The number of nitrogens with one attached hydrogen (secondary N) is 1. The van der Waals surface area contributed by atoms with Crippen LogP contribution in [0.4, 0.5) is 5.82 Å². The molecule has 0 bridgehead atoms. The lowest BCUT2D eigenvalue weighted by atomic mass is 10.4. The molecule has 2 aromatic rings. The summed E-state index contributed by atoms with van der Waals surface area (Å²) in [7, 11) is 0. The van der Waals surface area contributed by atoms with Crippen molar-refractivity contribution < 1.29 is 0 Å². The van der Waals surface area contributed by atoms with Gasteiger partial charge in [-0.15, -0.1) is 11.3 Å². The van der Waals surface area contributed by atoms with Crippen molar-refractivity contribution in [2.75, 3.05) is 11.9 Å². The first-order valence-electron chi connectivity index (χ1n) is 3.96. The number of thiophene rings is 1. The molecule has 0 aromatic carbocycles. The van der Waals surface area contributed by atoms with E-state index in [-0.39, 0.29) is 0 Å². The summed E-state index contributed by atoms with van der Waals surface area (Å²) in [5.74, 6) is 0.826. The standard InChI is InChI=1S/C8H8ClN3S/c1-2-10-7-6-5(3-4-13-6)11-8(9)12-7/h3-4H,2H2,1H3,(H,10,11,12). The zero-order chi connectivity index (χ0) is 9.26. The van der Waals surface area contributed by atoms with Gasteiger partial charge in [-0.3, -0.25) is 0 Å². The molecule has 2 rings (SSSR count). The zero-order valence-corrected chi connectivity index (χ0v) is 8.61. The summed E-state index contributed by atoms with van der Waals surface area (Å²) in [6.07, 6.45) is 0. The highest BCUT2D eigenvalue weighted by Gasteiger charge is 2.05. The van der Waals surface area contributed by atoms with Crippen molar-refractivity contribution in [3.63, 3.8) is 0 Å². The molecule has 1 N–H and O–H groups in total. The van der Waals surface area contributed by atoms with Crippen LogP contribution in [0.25, 0.3) is 10.2 Å². The van der Waals surface area contributed by atoms with Gasteiger partial charge < -0.3 is 5.32 Å². The SMILES string of the molecule is CCNc1nc(Cl)nc2ccsc12. The molecule has 0 saturated carbocycles. The van der Waals surface area contributed by atoms with Crippen LogP contribution in [0.1, 0.15) is 6.92 Å². The first-order chi connectivity index (χ1) is 6.31. The second-order valence-electron chi connectivity index (χ2n) is 2.51. The number of rotatable bonds is 2. The smallest absolute Gasteiger partial charge is 0.224 e. The Morgan fingerprint density at radius 1 is 1.54 bits per heavy atom. The van der Waals surface area contributed by atoms with Gasteiger partial charge >= 0.3 is 0 Å². The number of hydrogen-bond acceptors (Lipinski definition) is 4. The molecule has 0 atom stereocenters. The van der Waals surface area contributed by atoms with E-state index in [0.29, 0.717) is 5.28 Å². The summed E-state index contributed by atoms with van der Waals surface area (Å²) in [5, 5.41) is 5.43. The maximum Gasteiger partial charge on any atom is 0.224 e. The maximum absolute atomic E-state index is 5.76. The molecule has 0 unspecified atom stereocenters. The largest absolute Gasteiger partial charge is 0.369 e. The predicted octanol–water partition coefficient (Wildman–Crippen LogP) is 2.78. The van der Waals surface area contributed by atoms with E-state index >= 15 is 0 Å². The Bertz CT molecular complexity index is 426. The van der Waals surface area contributed by atoms with Gasteiger partial charge in [0.2, 0.25) is 5.28 Å². The fraction of sp³-hybridized carbons (Fsp3) is 0.250. The lowest BCUT2D eigenvalue weighted by Crippen LogP contribution is -2.00. The van der Waals surface area contributed by atoms with Crippen molar-refractivity contribution in [3.05, 3.63) is 16.7 Å². The van der Waals surface area contributed by atoms with E-state index in [0.717, 1.165) is 22.6 Å². The van der Waals surface area contributed by atoms with Gasteiger partial charge in [-0.25, -0.2) is 4.98 Å². The Balaban J connectivity index is 2.63. The lowest BCUT2D eigenvalue weighted by Gasteiger charge is -2.02. The van der Waals surface area contributed by atoms with E-state index in [1.165, 1.54) is 0 Å². The minimum Gasteiger partial charge on any atom is -0.369 e. The van der Waals surface area contributed by atoms with E-state index in [9.17, 15) is 0 Å². The number of halogens is 1. The van der Waals surface area contributed by atoms with Gasteiger partial charge in [-0.2, -0.15) is 4.98 Å². The molecule has 5 heteroatoms. The molecule has 0 radical (unpaired) electrons. The molecular weight excluding hydrogens is 206 g/mol. The quantitative estimate of drug-likeness (QED) is 0.780. The molecule has 2 heterocycles. The molecule has 2 aromatic heterocycles. The minimum absolute atomic E-state index is 0.293. The molecular formula is C8H8ClN3S. The second kappa shape index (κ2) is 3.47. The van der Waals surface area contributed by atoms with Crippen LogP contribution in [0.5, 0.6) is 0 Å². The Morgan fingerprint density at radius 3 is 3.15 bits per heavy atom. The Kier molecular flexibility index (Phi) is 2.33. The van der Waals surface area contributed by atoms with E-state index in [4.69, 9.17) is 11.6 Å². The number of fused-ring (bicyclic) bond motifs is 1. The summed E-state index contributed by atoms with van der Waals surface area (Å²) in [6, 6.07) is 1.94. The van der Waals surface area contributed by atoms with Crippen LogP contribution >= 0.6 is 22.9 Å². The molecule has 0 aliphatic carbocycles. The number of anilines is 1. The van der Waals surface area contributed by atoms with E-state index in [2.05, 4.69) is 15.3 Å². The fourth-order valence-corrected chi connectivity index (χ4v) is 2.09. The summed E-state index contributed by atoms with van der Waals surface area (Å²) < 4.78 is 1.06. The van der Waals surface area contributed by atoms with Gasteiger partial charge in [0.05, 0.1) is 10.2 Å². The monoisotopic (exact) mass is 213 g/mol. The van der Waals surface area contributed by atoms with Crippen molar-refractivity contribution in [1.29, 1.82) is 0 Å².